The molecule has 2 rings (SSSR count). The molecule has 0 spiro atoms. The van der Waals surface area contributed by atoms with Crippen LogP contribution in [-0.4, -0.2) is 38.8 Å². The number of carbonyl (C=O) groups excluding carboxylic acids is 1. The van der Waals surface area contributed by atoms with E-state index in [0.717, 1.165) is 25.9 Å². The number of rotatable bonds is 5. The molecule has 1 amide bonds. The molecule has 5 heteroatoms. The van der Waals surface area contributed by atoms with Gasteiger partial charge < -0.3 is 20.1 Å². The molecule has 1 aromatic rings. The lowest BCUT2D eigenvalue weighted by Gasteiger charge is -2.23. The van der Waals surface area contributed by atoms with Crippen LogP contribution in [0, 0.1) is 0 Å². The standard InChI is InChI=1S/C14H20N2O3/c1-18-12-4-2-3-5-13(12)19-10-14(17)16-11-6-8-15-9-7-11/h2-5,11,15H,6-10H2,1H3,(H,16,17). The van der Waals surface area contributed by atoms with Gasteiger partial charge in [-0.25, -0.2) is 0 Å². The van der Waals surface area contributed by atoms with Gasteiger partial charge in [0.15, 0.2) is 18.1 Å². The zero-order valence-corrected chi connectivity index (χ0v) is 11.1. The number of carbonyl (C=O) groups is 1. The third-order valence-electron chi connectivity index (χ3n) is 3.13. The van der Waals surface area contributed by atoms with Gasteiger partial charge in [0, 0.05) is 6.04 Å². The fourth-order valence-electron chi connectivity index (χ4n) is 2.12. The molecular formula is C14H20N2O3. The van der Waals surface area contributed by atoms with Crippen LogP contribution in [0.25, 0.3) is 0 Å². The summed E-state index contributed by atoms with van der Waals surface area (Å²) in [4.78, 5) is 11.8. The van der Waals surface area contributed by atoms with E-state index in [1.165, 1.54) is 0 Å². The molecule has 1 aromatic carbocycles. The van der Waals surface area contributed by atoms with Gasteiger partial charge in [0.2, 0.25) is 0 Å². The van der Waals surface area contributed by atoms with E-state index in [1.807, 2.05) is 12.1 Å². The lowest BCUT2D eigenvalue weighted by molar-refractivity contribution is -0.124. The lowest BCUT2D eigenvalue weighted by Crippen LogP contribution is -2.44. The van der Waals surface area contributed by atoms with Crippen molar-refractivity contribution in [3.05, 3.63) is 24.3 Å². The normalized spacial score (nSPS) is 15.8. The average Bonchev–Trinajstić information content (AvgIpc) is 2.46. The molecule has 1 saturated heterocycles. The largest absolute Gasteiger partial charge is 0.493 e. The summed E-state index contributed by atoms with van der Waals surface area (Å²) in [5.41, 5.74) is 0. The van der Waals surface area contributed by atoms with Crippen LogP contribution in [0.15, 0.2) is 24.3 Å². The van der Waals surface area contributed by atoms with Crippen LogP contribution in [0.1, 0.15) is 12.8 Å². The van der Waals surface area contributed by atoms with Crippen LogP contribution in [-0.2, 0) is 4.79 Å². The molecule has 0 atom stereocenters. The maximum atomic E-state index is 11.8. The van der Waals surface area contributed by atoms with Crippen LogP contribution in [0.4, 0.5) is 0 Å². The van der Waals surface area contributed by atoms with Gasteiger partial charge in [-0.3, -0.25) is 4.79 Å². The highest BCUT2D eigenvalue weighted by Gasteiger charge is 2.15. The Morgan fingerprint density at radius 3 is 2.68 bits per heavy atom. The Morgan fingerprint density at radius 2 is 2.00 bits per heavy atom. The predicted molar refractivity (Wildman–Crippen MR) is 72.5 cm³/mol. The number of benzene rings is 1. The summed E-state index contributed by atoms with van der Waals surface area (Å²) < 4.78 is 10.6. The molecule has 0 bridgehead atoms. The Bertz CT molecular complexity index is 417. The first-order valence-corrected chi connectivity index (χ1v) is 6.55. The van der Waals surface area contributed by atoms with E-state index >= 15 is 0 Å². The van der Waals surface area contributed by atoms with E-state index in [9.17, 15) is 4.79 Å². The molecule has 5 nitrogen and oxygen atoms in total. The first-order valence-electron chi connectivity index (χ1n) is 6.55. The molecule has 0 aromatic heterocycles. The first-order chi connectivity index (χ1) is 9.29. The van der Waals surface area contributed by atoms with Crippen molar-refractivity contribution in [2.45, 2.75) is 18.9 Å². The van der Waals surface area contributed by atoms with E-state index in [4.69, 9.17) is 9.47 Å². The molecule has 19 heavy (non-hydrogen) atoms. The minimum absolute atomic E-state index is 0.0182. The summed E-state index contributed by atoms with van der Waals surface area (Å²) in [6, 6.07) is 7.56. The second-order valence-electron chi connectivity index (χ2n) is 4.53. The van der Waals surface area contributed by atoms with Crippen molar-refractivity contribution in [3.8, 4) is 11.5 Å². The summed E-state index contributed by atoms with van der Waals surface area (Å²) in [5.74, 6) is 1.14. The van der Waals surface area contributed by atoms with Crippen molar-refractivity contribution in [1.29, 1.82) is 0 Å². The van der Waals surface area contributed by atoms with E-state index < -0.39 is 0 Å². The molecule has 1 fully saturated rings. The molecule has 1 heterocycles. The topological polar surface area (TPSA) is 59.6 Å². The summed E-state index contributed by atoms with van der Waals surface area (Å²) >= 11 is 0. The highest BCUT2D eigenvalue weighted by Crippen LogP contribution is 2.25. The quantitative estimate of drug-likeness (QED) is 0.831. The molecule has 1 aliphatic heterocycles. The van der Waals surface area contributed by atoms with Gasteiger partial charge in [-0.1, -0.05) is 12.1 Å². The van der Waals surface area contributed by atoms with Gasteiger partial charge >= 0.3 is 0 Å². The molecule has 2 N–H and O–H groups in total. The van der Waals surface area contributed by atoms with Crippen LogP contribution < -0.4 is 20.1 Å². The van der Waals surface area contributed by atoms with Crippen LogP contribution >= 0.6 is 0 Å². The molecular weight excluding hydrogens is 244 g/mol. The smallest absolute Gasteiger partial charge is 0.258 e. The summed E-state index contributed by atoms with van der Waals surface area (Å²) in [6.45, 7) is 1.93. The summed E-state index contributed by atoms with van der Waals surface area (Å²) in [7, 11) is 1.58. The fourth-order valence-corrected chi connectivity index (χ4v) is 2.12. The summed E-state index contributed by atoms with van der Waals surface area (Å²) in [5, 5.41) is 6.24. The van der Waals surface area contributed by atoms with E-state index in [2.05, 4.69) is 10.6 Å². The van der Waals surface area contributed by atoms with Crippen LogP contribution in [0.2, 0.25) is 0 Å². The van der Waals surface area contributed by atoms with Crippen molar-refractivity contribution < 1.29 is 14.3 Å². The van der Waals surface area contributed by atoms with Crippen LogP contribution in [0.5, 0.6) is 11.5 Å². The fraction of sp³-hybridized carbons (Fsp3) is 0.500. The maximum Gasteiger partial charge on any atom is 0.258 e. The van der Waals surface area contributed by atoms with E-state index in [1.54, 1.807) is 19.2 Å². The maximum absolute atomic E-state index is 11.8. The second kappa shape index (κ2) is 6.99. The number of ether oxygens (including phenoxy) is 2. The zero-order valence-electron chi connectivity index (χ0n) is 11.1. The highest BCUT2D eigenvalue weighted by molar-refractivity contribution is 5.77. The van der Waals surface area contributed by atoms with Gasteiger partial charge in [-0.2, -0.15) is 0 Å². The van der Waals surface area contributed by atoms with Crippen molar-refractivity contribution in [3.63, 3.8) is 0 Å². The second-order valence-corrected chi connectivity index (χ2v) is 4.53. The Kier molecular flexibility index (Phi) is 5.03. The first kappa shape index (κ1) is 13.7. The molecule has 104 valence electrons. The molecule has 0 radical (unpaired) electrons. The number of nitrogens with one attached hydrogen (secondary N) is 2. The number of hydrogen-bond acceptors (Lipinski definition) is 4. The molecule has 1 aliphatic rings. The highest BCUT2D eigenvalue weighted by atomic mass is 16.5. The third kappa shape index (κ3) is 4.13. The van der Waals surface area contributed by atoms with E-state index in [-0.39, 0.29) is 18.6 Å². The number of piperidine rings is 1. The minimum Gasteiger partial charge on any atom is -0.493 e. The van der Waals surface area contributed by atoms with Crippen molar-refractivity contribution in [2.24, 2.45) is 0 Å². The van der Waals surface area contributed by atoms with Crippen molar-refractivity contribution in [2.75, 3.05) is 26.8 Å². The SMILES string of the molecule is COc1ccccc1OCC(=O)NC1CCNCC1. The predicted octanol–water partition coefficient (Wildman–Crippen LogP) is 0.942. The minimum atomic E-state index is -0.0854. The van der Waals surface area contributed by atoms with Gasteiger partial charge in [-0.15, -0.1) is 0 Å². The van der Waals surface area contributed by atoms with Crippen LogP contribution in [0.3, 0.4) is 0 Å². The zero-order chi connectivity index (χ0) is 13.5. The van der Waals surface area contributed by atoms with Gasteiger partial charge in [-0.05, 0) is 38.1 Å². The average molecular weight is 264 g/mol. The molecule has 0 unspecified atom stereocenters. The summed E-state index contributed by atoms with van der Waals surface area (Å²) in [6.07, 6.45) is 1.95. The van der Waals surface area contributed by atoms with Gasteiger partial charge in [0.1, 0.15) is 0 Å². The van der Waals surface area contributed by atoms with Crippen molar-refractivity contribution >= 4 is 5.91 Å². The lowest BCUT2D eigenvalue weighted by atomic mass is 10.1. The molecule has 0 saturated carbocycles. The number of methoxy groups -OCH3 is 1. The van der Waals surface area contributed by atoms with Gasteiger partial charge in [0.25, 0.3) is 5.91 Å². The van der Waals surface area contributed by atoms with Crippen molar-refractivity contribution in [1.82, 2.24) is 10.6 Å². The third-order valence-corrected chi connectivity index (χ3v) is 3.13. The molecule has 0 aliphatic carbocycles. The van der Waals surface area contributed by atoms with Gasteiger partial charge in [0.05, 0.1) is 7.11 Å². The Balaban J connectivity index is 1.79. The Morgan fingerprint density at radius 1 is 1.32 bits per heavy atom. The Labute approximate surface area is 113 Å². The monoisotopic (exact) mass is 264 g/mol. The van der Waals surface area contributed by atoms with E-state index in [0.29, 0.717) is 11.5 Å². The number of hydrogen-bond donors (Lipinski definition) is 2. The number of amides is 1. The Hall–Kier alpha value is -1.75. The number of para-hydroxylation sites is 2.